The van der Waals surface area contributed by atoms with Gasteiger partial charge in [-0.1, -0.05) is 55.5 Å². The van der Waals surface area contributed by atoms with Gasteiger partial charge in [-0.3, -0.25) is 0 Å². The van der Waals surface area contributed by atoms with Crippen LogP contribution in [-0.2, 0) is 12.8 Å². The maximum Gasteiger partial charge on any atom is 0.0833 e. The summed E-state index contributed by atoms with van der Waals surface area (Å²) in [7, 11) is 0. The highest BCUT2D eigenvalue weighted by Crippen LogP contribution is 2.23. The molecule has 0 aliphatic rings. The first-order valence-corrected chi connectivity index (χ1v) is 6.52. The summed E-state index contributed by atoms with van der Waals surface area (Å²) in [4.78, 5) is 0. The van der Waals surface area contributed by atoms with E-state index in [2.05, 4.69) is 32.0 Å². The molecule has 0 bridgehead atoms. The molecule has 0 heterocycles. The van der Waals surface area contributed by atoms with E-state index in [0.29, 0.717) is 6.42 Å². The monoisotopic (exact) mass is 240 g/mol. The van der Waals surface area contributed by atoms with E-state index in [9.17, 15) is 5.11 Å². The molecule has 2 aromatic carbocycles. The summed E-state index contributed by atoms with van der Waals surface area (Å²) in [5.74, 6) is 0. The number of rotatable bonds is 4. The zero-order valence-corrected chi connectivity index (χ0v) is 11.1. The minimum atomic E-state index is -0.415. The molecule has 1 nitrogen and oxygen atoms in total. The van der Waals surface area contributed by atoms with Crippen molar-refractivity contribution in [2.75, 3.05) is 0 Å². The fourth-order valence-electron chi connectivity index (χ4n) is 2.34. The van der Waals surface area contributed by atoms with E-state index in [4.69, 9.17) is 0 Å². The smallest absolute Gasteiger partial charge is 0.0833 e. The van der Waals surface area contributed by atoms with Gasteiger partial charge in [0.1, 0.15) is 0 Å². The van der Waals surface area contributed by atoms with E-state index in [-0.39, 0.29) is 0 Å². The van der Waals surface area contributed by atoms with E-state index < -0.39 is 6.10 Å². The predicted molar refractivity (Wildman–Crippen MR) is 75.7 cm³/mol. The van der Waals surface area contributed by atoms with Crippen molar-refractivity contribution in [3.05, 3.63) is 70.8 Å². The van der Waals surface area contributed by atoms with Crippen molar-refractivity contribution in [1.29, 1.82) is 0 Å². The Labute approximate surface area is 109 Å². The fourth-order valence-corrected chi connectivity index (χ4v) is 2.34. The Hall–Kier alpha value is -1.60. The first kappa shape index (κ1) is 12.8. The Kier molecular flexibility index (Phi) is 4.16. The lowest BCUT2D eigenvalue weighted by Crippen LogP contribution is -2.06. The summed E-state index contributed by atoms with van der Waals surface area (Å²) in [6.07, 6.45) is 1.23. The van der Waals surface area contributed by atoms with Crippen molar-refractivity contribution >= 4 is 0 Å². The summed E-state index contributed by atoms with van der Waals surface area (Å²) in [6.45, 7) is 4.22. The molecular formula is C17H20O. The van der Waals surface area contributed by atoms with Crippen molar-refractivity contribution in [3.8, 4) is 0 Å². The molecule has 0 spiro atoms. The second-order valence-electron chi connectivity index (χ2n) is 4.70. The SMILES string of the molecule is CCc1ccccc1C(O)Cc1ccccc1C. The van der Waals surface area contributed by atoms with Crippen LogP contribution in [0.4, 0.5) is 0 Å². The van der Waals surface area contributed by atoms with Crippen LogP contribution in [0.1, 0.15) is 35.3 Å². The molecule has 0 saturated carbocycles. The average Bonchev–Trinajstić information content (AvgIpc) is 2.41. The normalized spacial score (nSPS) is 12.4. The molecule has 0 aliphatic heterocycles. The van der Waals surface area contributed by atoms with Gasteiger partial charge in [0.15, 0.2) is 0 Å². The minimum absolute atomic E-state index is 0.415. The van der Waals surface area contributed by atoms with Crippen molar-refractivity contribution in [3.63, 3.8) is 0 Å². The topological polar surface area (TPSA) is 20.2 Å². The van der Waals surface area contributed by atoms with Gasteiger partial charge in [0.25, 0.3) is 0 Å². The molecule has 94 valence electrons. The van der Waals surface area contributed by atoms with E-state index in [1.807, 2.05) is 30.3 Å². The molecule has 0 radical (unpaired) electrons. The standard InChI is InChI=1S/C17H20O/c1-3-14-9-6-7-11-16(14)17(18)12-15-10-5-4-8-13(15)2/h4-11,17-18H,3,12H2,1-2H3. The maximum atomic E-state index is 10.4. The highest BCUT2D eigenvalue weighted by molar-refractivity contribution is 5.32. The third kappa shape index (κ3) is 2.80. The van der Waals surface area contributed by atoms with Crippen LogP contribution in [0.25, 0.3) is 0 Å². The number of aryl methyl sites for hydroxylation is 2. The summed E-state index contributed by atoms with van der Waals surface area (Å²) in [6, 6.07) is 16.4. The molecule has 2 aromatic rings. The van der Waals surface area contributed by atoms with E-state index in [0.717, 1.165) is 12.0 Å². The zero-order chi connectivity index (χ0) is 13.0. The summed E-state index contributed by atoms with van der Waals surface area (Å²) >= 11 is 0. The summed E-state index contributed by atoms with van der Waals surface area (Å²) < 4.78 is 0. The summed E-state index contributed by atoms with van der Waals surface area (Å²) in [5, 5.41) is 10.4. The second kappa shape index (κ2) is 5.83. The Balaban J connectivity index is 2.22. The van der Waals surface area contributed by atoms with Crippen molar-refractivity contribution in [2.24, 2.45) is 0 Å². The lowest BCUT2D eigenvalue weighted by atomic mass is 9.94. The quantitative estimate of drug-likeness (QED) is 0.861. The number of hydrogen-bond acceptors (Lipinski definition) is 1. The molecule has 0 aromatic heterocycles. The Bertz CT molecular complexity index is 517. The first-order chi connectivity index (χ1) is 8.72. The van der Waals surface area contributed by atoms with Crippen LogP contribution in [0, 0.1) is 6.92 Å². The van der Waals surface area contributed by atoms with Crippen LogP contribution in [0.3, 0.4) is 0 Å². The first-order valence-electron chi connectivity index (χ1n) is 6.52. The third-order valence-corrected chi connectivity index (χ3v) is 3.47. The zero-order valence-electron chi connectivity index (χ0n) is 11.1. The van der Waals surface area contributed by atoms with Gasteiger partial charge < -0.3 is 5.11 Å². The minimum Gasteiger partial charge on any atom is -0.388 e. The van der Waals surface area contributed by atoms with Gasteiger partial charge >= 0.3 is 0 Å². The molecule has 0 fully saturated rings. The average molecular weight is 240 g/mol. The van der Waals surface area contributed by atoms with E-state index >= 15 is 0 Å². The highest BCUT2D eigenvalue weighted by Gasteiger charge is 2.12. The van der Waals surface area contributed by atoms with Crippen LogP contribution in [-0.4, -0.2) is 5.11 Å². The van der Waals surface area contributed by atoms with Gasteiger partial charge in [0.05, 0.1) is 6.10 Å². The Morgan fingerprint density at radius 3 is 2.22 bits per heavy atom. The molecule has 2 rings (SSSR count). The van der Waals surface area contributed by atoms with Gasteiger partial charge in [-0.25, -0.2) is 0 Å². The largest absolute Gasteiger partial charge is 0.388 e. The van der Waals surface area contributed by atoms with Crippen LogP contribution in [0.5, 0.6) is 0 Å². The number of benzene rings is 2. The molecule has 18 heavy (non-hydrogen) atoms. The lowest BCUT2D eigenvalue weighted by Gasteiger charge is -2.16. The van der Waals surface area contributed by atoms with E-state index in [1.165, 1.54) is 16.7 Å². The highest BCUT2D eigenvalue weighted by atomic mass is 16.3. The van der Waals surface area contributed by atoms with Gasteiger partial charge in [-0.15, -0.1) is 0 Å². The van der Waals surface area contributed by atoms with Gasteiger partial charge in [0, 0.05) is 6.42 Å². The van der Waals surface area contributed by atoms with Crippen molar-refractivity contribution in [2.45, 2.75) is 32.8 Å². The molecule has 1 N–H and O–H groups in total. The van der Waals surface area contributed by atoms with Crippen LogP contribution in [0.2, 0.25) is 0 Å². The maximum absolute atomic E-state index is 10.4. The van der Waals surface area contributed by atoms with Gasteiger partial charge in [-0.2, -0.15) is 0 Å². The molecule has 1 heteroatoms. The van der Waals surface area contributed by atoms with Crippen LogP contribution < -0.4 is 0 Å². The molecular weight excluding hydrogens is 220 g/mol. The fraction of sp³-hybridized carbons (Fsp3) is 0.294. The van der Waals surface area contributed by atoms with E-state index in [1.54, 1.807) is 0 Å². The second-order valence-corrected chi connectivity index (χ2v) is 4.70. The number of hydrogen-bond donors (Lipinski definition) is 1. The molecule has 0 saturated heterocycles. The molecule has 0 amide bonds. The van der Waals surface area contributed by atoms with Crippen LogP contribution in [0.15, 0.2) is 48.5 Å². The number of aliphatic hydroxyl groups is 1. The molecule has 1 atom stereocenters. The molecule has 1 unspecified atom stereocenters. The number of aliphatic hydroxyl groups excluding tert-OH is 1. The lowest BCUT2D eigenvalue weighted by molar-refractivity contribution is 0.177. The van der Waals surface area contributed by atoms with Gasteiger partial charge in [0.2, 0.25) is 0 Å². The predicted octanol–water partition coefficient (Wildman–Crippen LogP) is 3.83. The Morgan fingerprint density at radius 1 is 0.944 bits per heavy atom. The van der Waals surface area contributed by atoms with Crippen molar-refractivity contribution < 1.29 is 5.11 Å². The third-order valence-electron chi connectivity index (χ3n) is 3.47. The summed E-state index contributed by atoms with van der Waals surface area (Å²) in [5.41, 5.74) is 4.75. The van der Waals surface area contributed by atoms with Crippen molar-refractivity contribution in [1.82, 2.24) is 0 Å². The molecule has 0 aliphatic carbocycles. The Morgan fingerprint density at radius 2 is 1.56 bits per heavy atom. The van der Waals surface area contributed by atoms with Gasteiger partial charge in [-0.05, 0) is 35.6 Å². The van der Waals surface area contributed by atoms with Crippen LogP contribution >= 0.6 is 0 Å².